The van der Waals surface area contributed by atoms with Crippen LogP contribution in [0.3, 0.4) is 0 Å². The van der Waals surface area contributed by atoms with Crippen molar-refractivity contribution in [1.29, 1.82) is 0 Å². The Morgan fingerprint density at radius 1 is 1.06 bits per heavy atom. The summed E-state index contributed by atoms with van der Waals surface area (Å²) in [7, 11) is 1.34. The Bertz CT molecular complexity index is 906. The van der Waals surface area contributed by atoms with Gasteiger partial charge >= 0.3 is 12.1 Å². The summed E-state index contributed by atoms with van der Waals surface area (Å²) in [4.78, 5) is 41.0. The number of likely N-dealkylation sites (tertiary alicyclic amines) is 1. The molecule has 8 nitrogen and oxygen atoms in total. The van der Waals surface area contributed by atoms with E-state index in [2.05, 4.69) is 0 Å². The fraction of sp³-hybridized carbons (Fsp3) is 0.640. The molecule has 2 aliphatic rings. The second-order valence-electron chi connectivity index (χ2n) is 10.8. The van der Waals surface area contributed by atoms with Crippen molar-refractivity contribution in [2.75, 3.05) is 20.2 Å². The van der Waals surface area contributed by atoms with Gasteiger partial charge in [0.05, 0.1) is 7.11 Å². The van der Waals surface area contributed by atoms with Gasteiger partial charge < -0.3 is 24.0 Å². The lowest BCUT2D eigenvalue weighted by Gasteiger charge is -2.35. The van der Waals surface area contributed by atoms with Gasteiger partial charge in [0.1, 0.15) is 23.5 Å². The van der Waals surface area contributed by atoms with Crippen LogP contribution in [-0.2, 0) is 20.8 Å². The van der Waals surface area contributed by atoms with Crippen LogP contribution in [0.5, 0.6) is 5.75 Å². The van der Waals surface area contributed by atoms with Gasteiger partial charge in [-0.25, -0.2) is 9.59 Å². The zero-order chi connectivity index (χ0) is 24.6. The molecule has 0 aromatic heterocycles. The van der Waals surface area contributed by atoms with Crippen LogP contribution in [0.2, 0.25) is 0 Å². The number of hydrogen-bond donors (Lipinski definition) is 0. The first-order valence-electron chi connectivity index (χ1n) is 11.5. The van der Waals surface area contributed by atoms with E-state index < -0.39 is 23.0 Å². The van der Waals surface area contributed by atoms with Gasteiger partial charge in [-0.3, -0.25) is 4.79 Å². The third kappa shape index (κ3) is 5.78. The minimum Gasteiger partial charge on any atom is -0.490 e. The highest BCUT2D eigenvalue weighted by Crippen LogP contribution is 2.35. The third-order valence-corrected chi connectivity index (χ3v) is 5.86. The number of rotatable bonds is 4. The highest BCUT2D eigenvalue weighted by Gasteiger charge is 2.43. The summed E-state index contributed by atoms with van der Waals surface area (Å²) < 4.78 is 16.6. The van der Waals surface area contributed by atoms with Gasteiger partial charge in [-0.1, -0.05) is 20.8 Å². The van der Waals surface area contributed by atoms with E-state index in [1.807, 2.05) is 47.6 Å². The van der Waals surface area contributed by atoms with Crippen molar-refractivity contribution in [2.45, 2.75) is 78.7 Å². The van der Waals surface area contributed by atoms with Crippen molar-refractivity contribution in [3.05, 3.63) is 29.3 Å². The number of fused-ring (bicyclic) bond motifs is 1. The first kappa shape index (κ1) is 24.9. The van der Waals surface area contributed by atoms with Gasteiger partial charge in [0, 0.05) is 38.0 Å². The molecule has 3 rings (SSSR count). The zero-order valence-corrected chi connectivity index (χ0v) is 20.8. The molecule has 1 atom stereocenters. The van der Waals surface area contributed by atoms with Crippen molar-refractivity contribution in [2.24, 2.45) is 5.41 Å². The Morgan fingerprint density at radius 2 is 1.70 bits per heavy atom. The second kappa shape index (κ2) is 9.23. The quantitative estimate of drug-likeness (QED) is 0.631. The Labute approximate surface area is 196 Å². The van der Waals surface area contributed by atoms with Crippen molar-refractivity contribution in [3.8, 4) is 5.75 Å². The summed E-state index contributed by atoms with van der Waals surface area (Å²) in [6.45, 7) is 12.8. The molecule has 0 radical (unpaired) electrons. The van der Waals surface area contributed by atoms with Crippen LogP contribution < -0.4 is 4.74 Å². The van der Waals surface area contributed by atoms with E-state index in [0.29, 0.717) is 43.8 Å². The minimum atomic E-state index is -0.677. The van der Waals surface area contributed by atoms with Gasteiger partial charge in [-0.2, -0.15) is 0 Å². The van der Waals surface area contributed by atoms with E-state index in [1.165, 1.54) is 7.11 Å². The Morgan fingerprint density at radius 3 is 2.24 bits per heavy atom. The number of hydrogen-bond acceptors (Lipinski definition) is 6. The summed E-state index contributed by atoms with van der Waals surface area (Å²) in [5, 5.41) is 0. The second-order valence-corrected chi connectivity index (χ2v) is 10.8. The van der Waals surface area contributed by atoms with E-state index in [-0.39, 0.29) is 18.1 Å². The molecule has 33 heavy (non-hydrogen) atoms. The molecule has 0 unspecified atom stereocenters. The van der Waals surface area contributed by atoms with Crippen molar-refractivity contribution >= 4 is 18.0 Å². The van der Waals surface area contributed by atoms with Gasteiger partial charge in [0.2, 0.25) is 0 Å². The smallest absolute Gasteiger partial charge is 0.410 e. The van der Waals surface area contributed by atoms with Crippen molar-refractivity contribution < 1.29 is 28.6 Å². The summed E-state index contributed by atoms with van der Waals surface area (Å²) in [6, 6.07) is 4.76. The zero-order valence-electron chi connectivity index (χ0n) is 20.8. The lowest BCUT2D eigenvalue weighted by Crippen LogP contribution is -2.50. The molecule has 1 fully saturated rings. The number of ether oxygens (including phenoxy) is 3. The van der Waals surface area contributed by atoms with E-state index in [1.54, 1.807) is 21.9 Å². The molecule has 1 aromatic carbocycles. The lowest BCUT2D eigenvalue weighted by molar-refractivity contribution is -0.150. The average Bonchev–Trinajstić information content (AvgIpc) is 3.01. The van der Waals surface area contributed by atoms with E-state index in [9.17, 15) is 14.4 Å². The molecular weight excluding hydrogens is 424 g/mol. The molecule has 182 valence electrons. The van der Waals surface area contributed by atoms with Crippen LogP contribution in [0.4, 0.5) is 4.79 Å². The van der Waals surface area contributed by atoms with Gasteiger partial charge in [-0.15, -0.1) is 0 Å². The Hall–Kier alpha value is -2.77. The molecule has 0 saturated carbocycles. The first-order valence-corrected chi connectivity index (χ1v) is 11.5. The van der Waals surface area contributed by atoms with E-state index >= 15 is 0 Å². The predicted molar refractivity (Wildman–Crippen MR) is 123 cm³/mol. The molecule has 0 N–H and O–H groups in total. The number of esters is 1. The number of carbonyl (C=O) groups excluding carboxylic acids is 3. The van der Waals surface area contributed by atoms with Gasteiger partial charge in [0.15, 0.2) is 0 Å². The highest BCUT2D eigenvalue weighted by molar-refractivity contribution is 6.00. The van der Waals surface area contributed by atoms with Crippen LogP contribution in [0.25, 0.3) is 0 Å². The number of benzene rings is 1. The van der Waals surface area contributed by atoms with Crippen molar-refractivity contribution in [3.63, 3.8) is 0 Å². The molecule has 0 aliphatic carbocycles. The van der Waals surface area contributed by atoms with Gasteiger partial charge in [-0.05, 0) is 49.9 Å². The maximum absolute atomic E-state index is 13.0. The minimum absolute atomic E-state index is 0.0210. The predicted octanol–water partition coefficient (Wildman–Crippen LogP) is 4.01. The summed E-state index contributed by atoms with van der Waals surface area (Å²) in [5.74, 6) is 0.0916. The highest BCUT2D eigenvalue weighted by atomic mass is 16.6. The molecule has 0 bridgehead atoms. The van der Waals surface area contributed by atoms with Crippen molar-refractivity contribution in [1.82, 2.24) is 9.80 Å². The maximum atomic E-state index is 13.0. The van der Waals surface area contributed by atoms with Gasteiger partial charge in [0.25, 0.3) is 5.91 Å². The summed E-state index contributed by atoms with van der Waals surface area (Å²) in [5.41, 5.74) is 0.439. The average molecular weight is 461 g/mol. The Kier molecular flexibility index (Phi) is 6.96. The lowest BCUT2D eigenvalue weighted by atomic mass is 9.85. The summed E-state index contributed by atoms with van der Waals surface area (Å²) in [6.07, 6.45) is 1.09. The van der Waals surface area contributed by atoms with Crippen LogP contribution >= 0.6 is 0 Å². The molecule has 8 heteroatoms. The molecule has 0 spiro atoms. The number of amides is 2. The molecule has 1 saturated heterocycles. The molecular formula is C25H36N2O6. The number of piperidine rings is 1. The standard InChI is InChI=1S/C25H36N2O6/c1-24(2,3)20(22(29)31-7)27-15-16-14-18(8-9-19(16)21(27)28)32-17-10-12-26(13-11-17)23(30)33-25(4,5)6/h8-9,14,17,20H,10-13,15H2,1-7H3/t20-/m1/s1. The summed E-state index contributed by atoms with van der Waals surface area (Å²) >= 11 is 0. The topological polar surface area (TPSA) is 85.4 Å². The fourth-order valence-corrected chi connectivity index (χ4v) is 4.34. The molecule has 2 amide bonds. The fourth-order valence-electron chi connectivity index (χ4n) is 4.34. The number of nitrogens with zero attached hydrogens (tertiary/aromatic N) is 2. The molecule has 1 aromatic rings. The monoisotopic (exact) mass is 460 g/mol. The molecule has 2 heterocycles. The number of methoxy groups -OCH3 is 1. The van der Waals surface area contributed by atoms with Crippen LogP contribution in [-0.4, -0.2) is 65.7 Å². The Balaban J connectivity index is 1.64. The van der Waals surface area contributed by atoms with Crippen LogP contribution in [0.15, 0.2) is 18.2 Å². The normalized spacial score (nSPS) is 18.1. The number of carbonyl (C=O) groups is 3. The largest absolute Gasteiger partial charge is 0.490 e. The van der Waals surface area contributed by atoms with Crippen LogP contribution in [0.1, 0.15) is 70.3 Å². The maximum Gasteiger partial charge on any atom is 0.410 e. The van der Waals surface area contributed by atoms with E-state index in [0.717, 1.165) is 5.56 Å². The third-order valence-electron chi connectivity index (χ3n) is 5.86. The first-order chi connectivity index (χ1) is 15.3. The van der Waals surface area contributed by atoms with E-state index in [4.69, 9.17) is 14.2 Å². The SMILES string of the molecule is COC(=O)[C@@H](N1Cc2cc(OC3CCN(C(=O)OC(C)(C)C)CC3)ccc2C1=O)C(C)(C)C. The van der Waals surface area contributed by atoms with Crippen LogP contribution in [0, 0.1) is 5.41 Å². The molecule has 2 aliphatic heterocycles.